The lowest BCUT2D eigenvalue weighted by atomic mass is 10.0. The Bertz CT molecular complexity index is 703. The van der Waals surface area contributed by atoms with Gasteiger partial charge in [0.1, 0.15) is 17.7 Å². The van der Waals surface area contributed by atoms with Gasteiger partial charge in [-0.25, -0.2) is 9.97 Å². The van der Waals surface area contributed by atoms with Crippen LogP contribution in [0.15, 0.2) is 36.9 Å². The highest BCUT2D eigenvalue weighted by Crippen LogP contribution is 2.26. The number of hydrogen-bond acceptors (Lipinski definition) is 5. The summed E-state index contributed by atoms with van der Waals surface area (Å²) in [6.07, 6.45) is 7.23. The molecule has 1 aliphatic heterocycles. The summed E-state index contributed by atoms with van der Waals surface area (Å²) < 4.78 is 3.23. The van der Waals surface area contributed by atoms with Crippen LogP contribution in [-0.4, -0.2) is 37.2 Å². The predicted octanol–water partition coefficient (Wildman–Crippen LogP) is 2.94. The van der Waals surface area contributed by atoms with Crippen molar-refractivity contribution >= 4 is 21.6 Å². The Kier molecular flexibility index (Phi) is 3.86. The van der Waals surface area contributed by atoms with Crippen molar-refractivity contribution in [2.45, 2.75) is 38.4 Å². The largest absolute Gasteiger partial charge is 0.292 e. The number of hydrogen-bond donors (Lipinski definition) is 0. The Balaban J connectivity index is 1.51. The first-order chi connectivity index (χ1) is 10.9. The summed E-state index contributed by atoms with van der Waals surface area (Å²) in [5.41, 5.74) is 1.12. The first-order valence-corrected chi connectivity index (χ1v) is 8.61. The fourth-order valence-corrected chi connectivity index (χ4v) is 4.17. The molecule has 5 nitrogen and oxygen atoms in total. The topological polar surface area (TPSA) is 46.8 Å². The van der Waals surface area contributed by atoms with Gasteiger partial charge in [-0.3, -0.25) is 9.58 Å². The molecule has 1 fully saturated rings. The Morgan fingerprint density at radius 3 is 3.05 bits per heavy atom. The number of likely N-dealkylation sites (tertiary alicyclic amines) is 1. The number of thiazole rings is 1. The standard InChI is InChI=1S/C16H19N5S/c1-2-7-15-14(6-1)19-16(22-15)10-20-8-4-3-5-13(20)9-21-12-17-11-18-21/h1-2,6-7,11-13H,3-5,8-10H2. The smallest absolute Gasteiger partial charge is 0.137 e. The number of rotatable bonds is 4. The molecule has 0 radical (unpaired) electrons. The third-order valence-electron chi connectivity index (χ3n) is 4.29. The average molecular weight is 313 g/mol. The first kappa shape index (κ1) is 13.8. The van der Waals surface area contributed by atoms with Crippen LogP contribution >= 0.6 is 11.3 Å². The molecule has 0 saturated carbocycles. The van der Waals surface area contributed by atoms with Gasteiger partial charge in [0.2, 0.25) is 0 Å². The highest BCUT2D eigenvalue weighted by molar-refractivity contribution is 7.18. The van der Waals surface area contributed by atoms with Crippen LogP contribution in [0.4, 0.5) is 0 Å². The highest BCUT2D eigenvalue weighted by atomic mass is 32.1. The molecule has 1 atom stereocenters. The van der Waals surface area contributed by atoms with Gasteiger partial charge < -0.3 is 0 Å². The zero-order valence-electron chi connectivity index (χ0n) is 12.4. The van der Waals surface area contributed by atoms with Crippen LogP contribution in [-0.2, 0) is 13.1 Å². The Morgan fingerprint density at radius 1 is 1.23 bits per heavy atom. The van der Waals surface area contributed by atoms with Crippen molar-refractivity contribution < 1.29 is 0 Å². The van der Waals surface area contributed by atoms with Gasteiger partial charge in [-0.15, -0.1) is 11.3 Å². The Hall–Kier alpha value is -1.79. The van der Waals surface area contributed by atoms with E-state index in [1.807, 2.05) is 22.3 Å². The van der Waals surface area contributed by atoms with Crippen LogP contribution in [0, 0.1) is 0 Å². The van der Waals surface area contributed by atoms with Crippen molar-refractivity contribution in [3.8, 4) is 0 Å². The van der Waals surface area contributed by atoms with Crippen molar-refractivity contribution in [2.75, 3.05) is 6.54 Å². The summed E-state index contributed by atoms with van der Waals surface area (Å²) in [5, 5.41) is 5.47. The third kappa shape index (κ3) is 2.89. The van der Waals surface area contributed by atoms with Crippen LogP contribution in [0.1, 0.15) is 24.3 Å². The van der Waals surface area contributed by atoms with Crippen molar-refractivity contribution in [1.29, 1.82) is 0 Å². The molecule has 0 N–H and O–H groups in total. The monoisotopic (exact) mass is 313 g/mol. The molecular formula is C16H19N5S. The normalized spacial score (nSPS) is 19.7. The quantitative estimate of drug-likeness (QED) is 0.743. The fourth-order valence-electron chi connectivity index (χ4n) is 3.18. The van der Waals surface area contributed by atoms with Crippen molar-refractivity contribution in [3.05, 3.63) is 41.9 Å². The maximum absolute atomic E-state index is 4.78. The van der Waals surface area contributed by atoms with E-state index in [0.717, 1.165) is 25.2 Å². The molecule has 0 spiro atoms. The van der Waals surface area contributed by atoms with E-state index in [0.29, 0.717) is 6.04 Å². The summed E-state index contributed by atoms with van der Waals surface area (Å²) in [4.78, 5) is 11.4. The number of piperidine rings is 1. The molecule has 3 heterocycles. The summed E-state index contributed by atoms with van der Waals surface area (Å²) in [7, 11) is 0. The summed E-state index contributed by atoms with van der Waals surface area (Å²) in [6.45, 7) is 3.01. The van der Waals surface area contributed by atoms with Crippen LogP contribution in [0.2, 0.25) is 0 Å². The van der Waals surface area contributed by atoms with Crippen LogP contribution in [0.5, 0.6) is 0 Å². The second-order valence-corrected chi connectivity index (χ2v) is 6.93. The molecule has 1 unspecified atom stereocenters. The minimum Gasteiger partial charge on any atom is -0.292 e. The van der Waals surface area contributed by atoms with Gasteiger partial charge in [0.25, 0.3) is 0 Å². The van der Waals surface area contributed by atoms with E-state index in [2.05, 4.69) is 39.2 Å². The molecule has 2 aromatic heterocycles. The fraction of sp³-hybridized carbons (Fsp3) is 0.438. The lowest BCUT2D eigenvalue weighted by Gasteiger charge is -2.34. The van der Waals surface area contributed by atoms with Crippen molar-refractivity contribution in [3.63, 3.8) is 0 Å². The molecule has 4 rings (SSSR count). The van der Waals surface area contributed by atoms with Gasteiger partial charge in [0, 0.05) is 6.04 Å². The van der Waals surface area contributed by atoms with Gasteiger partial charge in [-0.05, 0) is 31.5 Å². The molecule has 0 bridgehead atoms. The minimum atomic E-state index is 0.530. The van der Waals surface area contributed by atoms with E-state index in [-0.39, 0.29) is 0 Å². The maximum Gasteiger partial charge on any atom is 0.137 e. The van der Waals surface area contributed by atoms with Crippen molar-refractivity contribution in [2.24, 2.45) is 0 Å². The number of benzene rings is 1. The molecule has 6 heteroatoms. The van der Waals surface area contributed by atoms with E-state index in [1.54, 1.807) is 6.33 Å². The minimum absolute atomic E-state index is 0.530. The zero-order valence-corrected chi connectivity index (χ0v) is 13.2. The first-order valence-electron chi connectivity index (χ1n) is 7.79. The van der Waals surface area contributed by atoms with Gasteiger partial charge in [0.15, 0.2) is 0 Å². The van der Waals surface area contributed by atoms with Gasteiger partial charge in [-0.2, -0.15) is 5.10 Å². The van der Waals surface area contributed by atoms with Gasteiger partial charge >= 0.3 is 0 Å². The average Bonchev–Trinajstić information content (AvgIpc) is 3.18. The lowest BCUT2D eigenvalue weighted by molar-refractivity contribution is 0.122. The summed E-state index contributed by atoms with van der Waals surface area (Å²) in [5.74, 6) is 0. The zero-order chi connectivity index (χ0) is 14.8. The van der Waals surface area contributed by atoms with E-state index >= 15 is 0 Å². The molecule has 0 amide bonds. The molecule has 1 aliphatic rings. The summed E-state index contributed by atoms with van der Waals surface area (Å²) >= 11 is 1.81. The van der Waals surface area contributed by atoms with Crippen LogP contribution < -0.4 is 0 Å². The highest BCUT2D eigenvalue weighted by Gasteiger charge is 2.24. The second-order valence-electron chi connectivity index (χ2n) is 5.81. The van der Waals surface area contributed by atoms with E-state index < -0.39 is 0 Å². The lowest BCUT2D eigenvalue weighted by Crippen LogP contribution is -2.41. The molecular weight excluding hydrogens is 294 g/mol. The molecule has 1 saturated heterocycles. The van der Waals surface area contributed by atoms with Gasteiger partial charge in [-0.1, -0.05) is 18.6 Å². The van der Waals surface area contributed by atoms with E-state index in [1.165, 1.54) is 29.0 Å². The number of nitrogens with zero attached hydrogens (tertiary/aromatic N) is 5. The molecule has 3 aromatic rings. The number of para-hydroxylation sites is 1. The molecule has 0 aliphatic carbocycles. The van der Waals surface area contributed by atoms with Crippen LogP contribution in [0.25, 0.3) is 10.2 Å². The van der Waals surface area contributed by atoms with Gasteiger partial charge in [0.05, 0.1) is 23.3 Å². The predicted molar refractivity (Wildman–Crippen MR) is 87.7 cm³/mol. The third-order valence-corrected chi connectivity index (χ3v) is 5.31. The van der Waals surface area contributed by atoms with E-state index in [9.17, 15) is 0 Å². The maximum atomic E-state index is 4.78. The number of fused-ring (bicyclic) bond motifs is 1. The molecule has 22 heavy (non-hydrogen) atoms. The van der Waals surface area contributed by atoms with Crippen molar-refractivity contribution in [1.82, 2.24) is 24.6 Å². The van der Waals surface area contributed by atoms with Crippen LogP contribution in [0.3, 0.4) is 0 Å². The second kappa shape index (κ2) is 6.14. The molecule has 1 aromatic carbocycles. The summed E-state index contributed by atoms with van der Waals surface area (Å²) in [6, 6.07) is 8.92. The van der Waals surface area contributed by atoms with E-state index in [4.69, 9.17) is 4.98 Å². The SMILES string of the molecule is c1ccc2sc(CN3CCCCC3Cn3cncn3)nc2c1. The Morgan fingerprint density at radius 2 is 2.18 bits per heavy atom. The Labute approximate surface area is 133 Å². The number of aromatic nitrogens is 4. The molecule has 114 valence electrons.